The lowest BCUT2D eigenvalue weighted by Crippen LogP contribution is -2.14. The van der Waals surface area contributed by atoms with Crippen molar-refractivity contribution in [3.8, 4) is 0 Å². The van der Waals surface area contributed by atoms with Crippen molar-refractivity contribution in [2.75, 3.05) is 0 Å². The lowest BCUT2D eigenvalue weighted by Gasteiger charge is -2.01. The summed E-state index contributed by atoms with van der Waals surface area (Å²) in [5, 5.41) is 3.99. The Morgan fingerprint density at radius 1 is 1.39 bits per heavy atom. The quantitative estimate of drug-likeness (QED) is 0.824. The molecule has 0 radical (unpaired) electrons. The molecule has 2 N–H and O–H groups in total. The molecule has 0 amide bonds. The smallest absolute Gasteiger partial charge is 0.233 e. The summed E-state index contributed by atoms with van der Waals surface area (Å²) >= 11 is 0. The maximum Gasteiger partial charge on any atom is 0.233 e. The first-order valence-electron chi connectivity index (χ1n) is 5.96. The molecule has 0 bridgehead atoms. The van der Waals surface area contributed by atoms with E-state index in [1.807, 2.05) is 24.3 Å². The van der Waals surface area contributed by atoms with Crippen molar-refractivity contribution in [3.05, 3.63) is 54.0 Å². The lowest BCUT2D eigenvalue weighted by atomic mass is 10.1. The van der Waals surface area contributed by atoms with Crippen LogP contribution in [0.2, 0.25) is 0 Å². The number of pyridine rings is 1. The van der Waals surface area contributed by atoms with Crippen LogP contribution in [0.25, 0.3) is 0 Å². The number of aromatic nitrogens is 3. The average molecular weight is 242 g/mol. The normalized spacial score (nSPS) is 22.5. The highest BCUT2D eigenvalue weighted by Gasteiger charge is 2.22. The molecule has 0 fully saturated rings. The molecule has 2 aromatic heterocycles. The third-order valence-electron chi connectivity index (χ3n) is 3.00. The van der Waals surface area contributed by atoms with E-state index in [1.165, 1.54) is 0 Å². The minimum atomic E-state index is 0.101. The molecule has 0 saturated carbocycles. The van der Waals surface area contributed by atoms with Crippen LogP contribution >= 0.6 is 0 Å². The molecule has 2 aromatic rings. The highest BCUT2D eigenvalue weighted by Crippen LogP contribution is 2.26. The maximum absolute atomic E-state index is 5.81. The molecule has 1 aliphatic carbocycles. The van der Waals surface area contributed by atoms with Crippen molar-refractivity contribution < 1.29 is 4.52 Å². The number of nitrogens with two attached hydrogens (primary N) is 1. The summed E-state index contributed by atoms with van der Waals surface area (Å²) in [5.74, 6) is 1.50. The summed E-state index contributed by atoms with van der Waals surface area (Å²) in [6.07, 6.45) is 9.05. The third kappa shape index (κ3) is 2.31. The molecule has 18 heavy (non-hydrogen) atoms. The van der Waals surface area contributed by atoms with Crippen molar-refractivity contribution in [1.82, 2.24) is 15.1 Å². The van der Waals surface area contributed by atoms with Crippen LogP contribution in [0.15, 0.2) is 41.2 Å². The fourth-order valence-electron chi connectivity index (χ4n) is 2.09. The minimum absolute atomic E-state index is 0.101. The van der Waals surface area contributed by atoms with Crippen LogP contribution < -0.4 is 5.73 Å². The van der Waals surface area contributed by atoms with Gasteiger partial charge in [0.05, 0.1) is 5.92 Å². The second kappa shape index (κ2) is 4.70. The highest BCUT2D eigenvalue weighted by atomic mass is 16.5. The second-order valence-electron chi connectivity index (χ2n) is 4.48. The first kappa shape index (κ1) is 11.1. The van der Waals surface area contributed by atoms with E-state index < -0.39 is 0 Å². The summed E-state index contributed by atoms with van der Waals surface area (Å²) in [6.45, 7) is 0. The number of hydrogen-bond acceptors (Lipinski definition) is 5. The number of rotatable bonds is 3. The van der Waals surface area contributed by atoms with Crippen LogP contribution in [0.1, 0.15) is 29.6 Å². The Morgan fingerprint density at radius 2 is 2.33 bits per heavy atom. The lowest BCUT2D eigenvalue weighted by molar-refractivity contribution is 0.360. The van der Waals surface area contributed by atoms with Crippen LogP contribution in [-0.4, -0.2) is 21.2 Å². The van der Waals surface area contributed by atoms with Crippen LogP contribution in [0.3, 0.4) is 0 Å². The Bertz CT molecular complexity index is 549. The van der Waals surface area contributed by atoms with Crippen LogP contribution in [0.5, 0.6) is 0 Å². The average Bonchev–Trinajstić information content (AvgIpc) is 2.99. The Balaban J connectivity index is 1.72. The van der Waals surface area contributed by atoms with Crippen molar-refractivity contribution in [2.45, 2.75) is 24.8 Å². The van der Waals surface area contributed by atoms with Gasteiger partial charge in [0.15, 0.2) is 5.82 Å². The monoisotopic (exact) mass is 242 g/mol. The Morgan fingerprint density at radius 3 is 3.06 bits per heavy atom. The molecule has 3 rings (SSSR count). The van der Waals surface area contributed by atoms with E-state index in [1.54, 1.807) is 12.4 Å². The Hall–Kier alpha value is -2.01. The van der Waals surface area contributed by atoms with Gasteiger partial charge in [-0.3, -0.25) is 4.98 Å². The van der Waals surface area contributed by atoms with Gasteiger partial charge < -0.3 is 10.3 Å². The number of hydrogen-bond donors (Lipinski definition) is 1. The van der Waals surface area contributed by atoms with Gasteiger partial charge in [0.25, 0.3) is 0 Å². The van der Waals surface area contributed by atoms with Crippen molar-refractivity contribution in [3.63, 3.8) is 0 Å². The topological polar surface area (TPSA) is 77.8 Å². The fraction of sp³-hybridized carbons (Fsp3) is 0.308. The minimum Gasteiger partial charge on any atom is -0.339 e. The Kier molecular flexibility index (Phi) is 2.90. The molecule has 2 unspecified atom stereocenters. The highest BCUT2D eigenvalue weighted by molar-refractivity contribution is 5.17. The van der Waals surface area contributed by atoms with Crippen molar-refractivity contribution in [1.29, 1.82) is 0 Å². The third-order valence-corrected chi connectivity index (χ3v) is 3.00. The van der Waals surface area contributed by atoms with Gasteiger partial charge in [-0.1, -0.05) is 23.4 Å². The van der Waals surface area contributed by atoms with Gasteiger partial charge in [-0.05, 0) is 18.1 Å². The SMILES string of the molecule is NC1C=CC(c2nc(Cc3cccnc3)no2)C1. The summed E-state index contributed by atoms with van der Waals surface area (Å²) < 4.78 is 5.28. The van der Waals surface area contributed by atoms with Gasteiger partial charge in [0.1, 0.15) is 0 Å². The van der Waals surface area contributed by atoms with Crippen LogP contribution in [0, 0.1) is 0 Å². The first-order chi connectivity index (χ1) is 8.81. The van der Waals surface area contributed by atoms with Crippen molar-refractivity contribution >= 4 is 0 Å². The zero-order chi connectivity index (χ0) is 12.4. The second-order valence-corrected chi connectivity index (χ2v) is 4.48. The number of allylic oxidation sites excluding steroid dienone is 1. The predicted octanol–water partition coefficient (Wildman–Crippen LogP) is 1.43. The summed E-state index contributed by atoms with van der Waals surface area (Å²) in [6, 6.07) is 3.99. The van der Waals surface area contributed by atoms with E-state index in [-0.39, 0.29) is 12.0 Å². The molecule has 2 atom stereocenters. The molecular formula is C13H14N4O. The Labute approximate surface area is 105 Å². The van der Waals surface area contributed by atoms with E-state index >= 15 is 0 Å². The zero-order valence-corrected chi connectivity index (χ0v) is 9.86. The largest absolute Gasteiger partial charge is 0.339 e. The zero-order valence-electron chi connectivity index (χ0n) is 9.86. The van der Waals surface area contributed by atoms with E-state index in [9.17, 15) is 0 Å². The van der Waals surface area contributed by atoms with E-state index in [0.717, 1.165) is 12.0 Å². The molecule has 0 saturated heterocycles. The van der Waals surface area contributed by atoms with Gasteiger partial charge in [-0.25, -0.2) is 0 Å². The molecule has 5 heteroatoms. The van der Waals surface area contributed by atoms with Crippen molar-refractivity contribution in [2.24, 2.45) is 5.73 Å². The molecule has 92 valence electrons. The molecular weight excluding hydrogens is 228 g/mol. The summed E-state index contributed by atoms with van der Waals surface area (Å²) in [7, 11) is 0. The van der Waals surface area contributed by atoms with Crippen LogP contribution in [0.4, 0.5) is 0 Å². The molecule has 5 nitrogen and oxygen atoms in total. The van der Waals surface area contributed by atoms with Gasteiger partial charge in [-0.15, -0.1) is 0 Å². The van der Waals surface area contributed by atoms with E-state index in [4.69, 9.17) is 10.3 Å². The standard InChI is InChI=1S/C13H14N4O/c14-11-4-3-10(7-11)13-16-12(17-18-13)6-9-2-1-5-15-8-9/h1-5,8,10-11H,6-7,14H2. The van der Waals surface area contributed by atoms with Crippen LogP contribution in [-0.2, 0) is 6.42 Å². The summed E-state index contributed by atoms with van der Waals surface area (Å²) in [5.41, 5.74) is 6.88. The molecule has 2 heterocycles. The van der Waals surface area contributed by atoms with Gasteiger partial charge in [0.2, 0.25) is 5.89 Å². The van der Waals surface area contributed by atoms with E-state index in [0.29, 0.717) is 18.1 Å². The van der Waals surface area contributed by atoms with Gasteiger partial charge in [-0.2, -0.15) is 4.98 Å². The maximum atomic E-state index is 5.81. The fourth-order valence-corrected chi connectivity index (χ4v) is 2.09. The molecule has 0 aliphatic heterocycles. The predicted molar refractivity (Wildman–Crippen MR) is 65.8 cm³/mol. The first-order valence-corrected chi connectivity index (χ1v) is 5.96. The van der Waals surface area contributed by atoms with E-state index in [2.05, 4.69) is 15.1 Å². The summed E-state index contributed by atoms with van der Waals surface area (Å²) in [4.78, 5) is 8.47. The molecule has 0 spiro atoms. The van der Waals surface area contributed by atoms with Gasteiger partial charge in [0, 0.05) is 24.9 Å². The number of nitrogens with zero attached hydrogens (tertiary/aromatic N) is 3. The van der Waals surface area contributed by atoms with Gasteiger partial charge >= 0.3 is 0 Å². The molecule has 1 aliphatic rings. The molecule has 0 aromatic carbocycles.